The van der Waals surface area contributed by atoms with E-state index in [2.05, 4.69) is 16.9 Å². The van der Waals surface area contributed by atoms with E-state index >= 15 is 0 Å². The molecule has 0 aliphatic heterocycles. The monoisotopic (exact) mass is 257 g/mol. The maximum absolute atomic E-state index is 5.95. The summed E-state index contributed by atoms with van der Waals surface area (Å²) in [6, 6.07) is 6.54. The molecule has 0 unspecified atom stereocenters. The topological polar surface area (TPSA) is 51.4 Å². The van der Waals surface area contributed by atoms with Crippen LogP contribution in [0.4, 0.5) is 5.69 Å². The van der Waals surface area contributed by atoms with Gasteiger partial charge >= 0.3 is 0 Å². The maximum Gasteiger partial charge on any atom is 0.127 e. The van der Waals surface area contributed by atoms with Gasteiger partial charge in [-0.15, -0.1) is 0 Å². The molecule has 0 saturated heterocycles. The highest BCUT2D eigenvalue weighted by molar-refractivity contribution is 5.96. The molecule has 4 heteroatoms. The number of pyridine rings is 1. The number of anilines is 1. The van der Waals surface area contributed by atoms with Crippen molar-refractivity contribution in [1.29, 1.82) is 0 Å². The molecular weight excluding hydrogens is 238 g/mol. The van der Waals surface area contributed by atoms with Crippen LogP contribution in [0.3, 0.4) is 0 Å². The summed E-state index contributed by atoms with van der Waals surface area (Å²) in [6.07, 6.45) is 6.21. The number of hydrogen-bond acceptors (Lipinski definition) is 4. The Hall–Kier alpha value is -1.81. The van der Waals surface area contributed by atoms with E-state index in [4.69, 9.17) is 10.5 Å². The molecule has 0 atom stereocenters. The van der Waals surface area contributed by atoms with Crippen LogP contribution >= 0.6 is 0 Å². The second-order valence-electron chi connectivity index (χ2n) is 5.13. The largest absolute Gasteiger partial charge is 0.492 e. The number of likely N-dealkylation sites (N-methyl/N-ethyl adjacent to an activating group) is 1. The molecule has 100 valence electrons. The van der Waals surface area contributed by atoms with Crippen LogP contribution < -0.4 is 10.5 Å². The Morgan fingerprint density at radius 3 is 2.95 bits per heavy atom. The minimum absolute atomic E-state index is 0.703. The third-order valence-electron chi connectivity index (χ3n) is 3.68. The summed E-state index contributed by atoms with van der Waals surface area (Å²) in [7, 11) is 2.16. The van der Waals surface area contributed by atoms with Crippen LogP contribution in [0.15, 0.2) is 30.6 Å². The number of hydrogen-bond donors (Lipinski definition) is 1. The number of fused-ring (bicyclic) bond motifs is 1. The van der Waals surface area contributed by atoms with Gasteiger partial charge in [0.25, 0.3) is 0 Å². The SMILES string of the molecule is CN(CCOc1ccc(N)c2cnccc12)C1CC1. The average molecular weight is 257 g/mol. The number of benzene rings is 1. The Kier molecular flexibility index (Phi) is 3.25. The number of ether oxygens (including phenoxy) is 1. The Balaban J connectivity index is 1.72. The molecule has 2 N–H and O–H groups in total. The van der Waals surface area contributed by atoms with Gasteiger partial charge in [-0.25, -0.2) is 0 Å². The summed E-state index contributed by atoms with van der Waals surface area (Å²) in [5.74, 6) is 0.885. The zero-order valence-electron chi connectivity index (χ0n) is 11.2. The molecule has 1 aromatic heterocycles. The van der Waals surface area contributed by atoms with Crippen molar-refractivity contribution >= 4 is 16.5 Å². The smallest absolute Gasteiger partial charge is 0.127 e. The van der Waals surface area contributed by atoms with Gasteiger partial charge in [0.05, 0.1) is 0 Å². The summed E-state index contributed by atoms with van der Waals surface area (Å²) in [5.41, 5.74) is 6.69. The van der Waals surface area contributed by atoms with Crippen molar-refractivity contribution in [3.8, 4) is 5.75 Å². The quantitative estimate of drug-likeness (QED) is 0.835. The van der Waals surface area contributed by atoms with Gasteiger partial charge in [0.15, 0.2) is 0 Å². The van der Waals surface area contributed by atoms with Crippen molar-refractivity contribution in [2.24, 2.45) is 0 Å². The minimum Gasteiger partial charge on any atom is -0.492 e. The third-order valence-corrected chi connectivity index (χ3v) is 3.68. The predicted octanol–water partition coefficient (Wildman–Crippen LogP) is 2.29. The molecule has 0 amide bonds. The van der Waals surface area contributed by atoms with Gasteiger partial charge in [-0.2, -0.15) is 0 Å². The normalized spacial score (nSPS) is 15.1. The second kappa shape index (κ2) is 5.05. The van der Waals surface area contributed by atoms with Crippen molar-refractivity contribution in [2.45, 2.75) is 18.9 Å². The standard InChI is InChI=1S/C15H19N3O/c1-18(11-2-3-11)8-9-19-15-5-4-14(16)13-10-17-7-6-12(13)15/h4-7,10-11H,2-3,8-9,16H2,1H3. The first-order valence-corrected chi connectivity index (χ1v) is 6.71. The van der Waals surface area contributed by atoms with E-state index < -0.39 is 0 Å². The van der Waals surface area contributed by atoms with E-state index in [1.165, 1.54) is 12.8 Å². The molecule has 19 heavy (non-hydrogen) atoms. The van der Waals surface area contributed by atoms with Crippen LogP contribution in [-0.4, -0.2) is 36.1 Å². The summed E-state index contributed by atoms with van der Waals surface area (Å²) >= 11 is 0. The van der Waals surface area contributed by atoms with Gasteiger partial charge in [0.1, 0.15) is 12.4 Å². The van der Waals surface area contributed by atoms with Crippen molar-refractivity contribution in [3.05, 3.63) is 30.6 Å². The molecule has 0 spiro atoms. The first kappa shape index (κ1) is 12.2. The van der Waals surface area contributed by atoms with E-state index in [9.17, 15) is 0 Å². The zero-order chi connectivity index (χ0) is 13.2. The summed E-state index contributed by atoms with van der Waals surface area (Å²) in [5, 5.41) is 1.99. The second-order valence-corrected chi connectivity index (χ2v) is 5.13. The Morgan fingerprint density at radius 2 is 2.16 bits per heavy atom. The van der Waals surface area contributed by atoms with E-state index in [1.807, 2.05) is 18.2 Å². The Labute approximate surface area is 113 Å². The van der Waals surface area contributed by atoms with E-state index in [1.54, 1.807) is 12.4 Å². The van der Waals surface area contributed by atoms with Gasteiger partial charge in [0.2, 0.25) is 0 Å². The maximum atomic E-state index is 5.95. The van der Waals surface area contributed by atoms with E-state index in [-0.39, 0.29) is 0 Å². The van der Waals surface area contributed by atoms with Crippen LogP contribution in [0.2, 0.25) is 0 Å². The van der Waals surface area contributed by atoms with Gasteiger partial charge in [-0.05, 0) is 38.1 Å². The lowest BCUT2D eigenvalue weighted by atomic mass is 10.1. The molecule has 0 bridgehead atoms. The minimum atomic E-state index is 0.703. The number of nitrogens with two attached hydrogens (primary N) is 1. The van der Waals surface area contributed by atoms with Crippen LogP contribution in [-0.2, 0) is 0 Å². The fourth-order valence-electron chi connectivity index (χ4n) is 2.31. The highest BCUT2D eigenvalue weighted by atomic mass is 16.5. The van der Waals surface area contributed by atoms with Crippen molar-refractivity contribution < 1.29 is 4.74 Å². The van der Waals surface area contributed by atoms with Gasteiger partial charge < -0.3 is 15.4 Å². The summed E-state index contributed by atoms with van der Waals surface area (Å²) in [4.78, 5) is 6.47. The Morgan fingerprint density at radius 1 is 1.32 bits per heavy atom. The number of aromatic nitrogens is 1. The van der Waals surface area contributed by atoms with Crippen molar-refractivity contribution in [3.63, 3.8) is 0 Å². The molecule has 1 saturated carbocycles. The number of nitrogens with zero attached hydrogens (tertiary/aromatic N) is 2. The van der Waals surface area contributed by atoms with Crippen LogP contribution in [0.1, 0.15) is 12.8 Å². The van der Waals surface area contributed by atoms with Gasteiger partial charge in [-0.3, -0.25) is 4.98 Å². The Bertz CT molecular complexity index is 581. The molecule has 1 aromatic carbocycles. The fourth-order valence-corrected chi connectivity index (χ4v) is 2.31. The lowest BCUT2D eigenvalue weighted by Crippen LogP contribution is -2.26. The number of nitrogen functional groups attached to an aromatic ring is 1. The van der Waals surface area contributed by atoms with E-state index in [0.29, 0.717) is 6.61 Å². The zero-order valence-corrected chi connectivity index (χ0v) is 11.2. The van der Waals surface area contributed by atoms with Crippen LogP contribution in [0, 0.1) is 0 Å². The molecule has 0 radical (unpaired) electrons. The molecule has 3 rings (SSSR count). The summed E-state index contributed by atoms with van der Waals surface area (Å²) < 4.78 is 5.90. The first-order valence-electron chi connectivity index (χ1n) is 6.71. The summed E-state index contributed by atoms with van der Waals surface area (Å²) in [6.45, 7) is 1.66. The van der Waals surface area contributed by atoms with Crippen LogP contribution in [0.5, 0.6) is 5.75 Å². The molecular formula is C15H19N3O. The lowest BCUT2D eigenvalue weighted by molar-refractivity contribution is 0.233. The molecule has 1 heterocycles. The van der Waals surface area contributed by atoms with Gasteiger partial charge in [-0.1, -0.05) is 0 Å². The van der Waals surface area contributed by atoms with E-state index in [0.717, 1.165) is 34.8 Å². The van der Waals surface area contributed by atoms with Gasteiger partial charge in [0, 0.05) is 41.4 Å². The van der Waals surface area contributed by atoms with Crippen molar-refractivity contribution in [2.75, 3.05) is 25.9 Å². The highest BCUT2D eigenvalue weighted by Crippen LogP contribution is 2.29. The lowest BCUT2D eigenvalue weighted by Gasteiger charge is -2.16. The molecule has 2 aromatic rings. The highest BCUT2D eigenvalue weighted by Gasteiger charge is 2.25. The van der Waals surface area contributed by atoms with Crippen LogP contribution in [0.25, 0.3) is 10.8 Å². The predicted molar refractivity (Wildman–Crippen MR) is 77.3 cm³/mol. The first-order chi connectivity index (χ1) is 9.25. The third kappa shape index (κ3) is 2.63. The molecule has 1 fully saturated rings. The van der Waals surface area contributed by atoms with Crippen molar-refractivity contribution in [1.82, 2.24) is 9.88 Å². The molecule has 1 aliphatic carbocycles. The molecule has 4 nitrogen and oxygen atoms in total. The fraction of sp³-hybridized carbons (Fsp3) is 0.400. The number of rotatable bonds is 5. The average Bonchev–Trinajstić information content (AvgIpc) is 3.26. The molecule has 1 aliphatic rings.